The molecule has 2 fully saturated rings. The first-order valence-electron chi connectivity index (χ1n) is 18.3. The molecule has 0 saturated carbocycles. The molecular formula is C36H56F4N8O8. The highest BCUT2D eigenvalue weighted by atomic mass is 19.3. The molecule has 16 nitrogen and oxygen atoms in total. The van der Waals surface area contributed by atoms with Crippen LogP contribution in [0.25, 0.3) is 0 Å². The lowest BCUT2D eigenvalue weighted by molar-refractivity contribution is -0.108. The number of carbonyl (C=O) groups is 4. The molecule has 4 amide bonds. The smallest absolute Gasteiger partial charge is 0.410 e. The number of likely N-dealkylation sites (tertiary alicyclic amines) is 2. The zero-order valence-electron chi connectivity index (χ0n) is 34.3. The van der Waals surface area contributed by atoms with Crippen molar-refractivity contribution in [3.63, 3.8) is 0 Å². The Labute approximate surface area is 324 Å². The first-order chi connectivity index (χ1) is 25.4. The van der Waals surface area contributed by atoms with Crippen LogP contribution in [-0.4, -0.2) is 116 Å². The van der Waals surface area contributed by atoms with Crippen molar-refractivity contribution >= 4 is 24.0 Å². The minimum atomic E-state index is -3.16. The van der Waals surface area contributed by atoms with E-state index >= 15 is 0 Å². The van der Waals surface area contributed by atoms with E-state index in [1.165, 1.54) is 0 Å². The van der Waals surface area contributed by atoms with E-state index in [1.807, 2.05) is 41.5 Å². The van der Waals surface area contributed by atoms with Crippen molar-refractivity contribution in [1.29, 1.82) is 0 Å². The molecule has 56 heavy (non-hydrogen) atoms. The second-order valence-electron chi connectivity index (χ2n) is 18.1. The fraction of sp³-hybridized carbons (Fsp3) is 0.778. The number of carbonyl (C=O) groups excluding carboxylic acids is 4. The summed E-state index contributed by atoms with van der Waals surface area (Å²) in [7, 11) is 0. The molecule has 316 valence electrons. The molecule has 2 saturated heterocycles. The number of hydrogen-bond donors (Lipinski definition) is 2. The van der Waals surface area contributed by atoms with Gasteiger partial charge in [0.05, 0.1) is 13.1 Å². The van der Waals surface area contributed by atoms with Crippen molar-refractivity contribution in [2.45, 2.75) is 130 Å². The van der Waals surface area contributed by atoms with E-state index in [-0.39, 0.29) is 62.5 Å². The van der Waals surface area contributed by atoms with E-state index in [0.29, 0.717) is 0 Å². The highest BCUT2D eigenvalue weighted by Crippen LogP contribution is 2.34. The van der Waals surface area contributed by atoms with E-state index in [4.69, 9.17) is 18.5 Å². The van der Waals surface area contributed by atoms with E-state index < -0.39 is 82.8 Å². The molecule has 4 heterocycles. The Kier molecular flexibility index (Phi) is 13.9. The van der Waals surface area contributed by atoms with Crippen LogP contribution in [0.2, 0.25) is 0 Å². The van der Waals surface area contributed by atoms with Crippen molar-refractivity contribution in [3.05, 3.63) is 23.4 Å². The molecule has 2 aromatic heterocycles. The zero-order valence-corrected chi connectivity index (χ0v) is 34.3. The molecular weight excluding hydrogens is 748 g/mol. The fourth-order valence-electron chi connectivity index (χ4n) is 5.27. The summed E-state index contributed by atoms with van der Waals surface area (Å²) in [6, 6.07) is 0. The number of nitrogens with zero attached hydrogens (tertiary/aromatic N) is 6. The third kappa shape index (κ3) is 13.3. The molecule has 20 heteroatoms. The number of aromatic nitrogens is 4. The van der Waals surface area contributed by atoms with Gasteiger partial charge in [-0.25, -0.2) is 27.2 Å². The van der Waals surface area contributed by atoms with Crippen molar-refractivity contribution in [2.75, 3.05) is 39.3 Å². The minimum Gasteiger partial charge on any atom is -0.444 e. The summed E-state index contributed by atoms with van der Waals surface area (Å²) in [5, 5.41) is 12.1. The van der Waals surface area contributed by atoms with Gasteiger partial charge in [0, 0.05) is 48.8 Å². The molecule has 2 unspecified atom stereocenters. The van der Waals surface area contributed by atoms with Crippen LogP contribution in [0.5, 0.6) is 0 Å². The molecule has 2 aliphatic rings. The van der Waals surface area contributed by atoms with Crippen molar-refractivity contribution in [2.24, 2.45) is 11.8 Å². The Balaban J connectivity index is 0.000000300. The lowest BCUT2D eigenvalue weighted by Crippen LogP contribution is -2.54. The van der Waals surface area contributed by atoms with E-state index in [0.717, 1.165) is 9.80 Å². The number of alkyl halides is 4. The van der Waals surface area contributed by atoms with Crippen LogP contribution in [0, 0.1) is 11.8 Å². The number of hydrogen-bond acceptors (Lipinski definition) is 12. The van der Waals surface area contributed by atoms with Gasteiger partial charge in [-0.15, -0.1) is 0 Å². The monoisotopic (exact) mass is 804 g/mol. The van der Waals surface area contributed by atoms with E-state index in [2.05, 4.69) is 30.9 Å². The van der Waals surface area contributed by atoms with Gasteiger partial charge in [-0.05, 0) is 54.4 Å². The van der Waals surface area contributed by atoms with Gasteiger partial charge in [-0.1, -0.05) is 51.9 Å². The number of nitrogens with one attached hydrogen (secondary N) is 2. The average molecular weight is 805 g/mol. The third-order valence-corrected chi connectivity index (χ3v) is 8.36. The van der Waals surface area contributed by atoms with Gasteiger partial charge in [0.25, 0.3) is 35.3 Å². The summed E-state index contributed by atoms with van der Waals surface area (Å²) < 4.78 is 78.3. The van der Waals surface area contributed by atoms with Gasteiger partial charge in [0.2, 0.25) is 11.8 Å². The molecule has 2 aromatic rings. The van der Waals surface area contributed by atoms with Crippen LogP contribution in [0.1, 0.15) is 129 Å². The highest BCUT2D eigenvalue weighted by molar-refractivity contribution is 5.90. The minimum absolute atomic E-state index is 0.0337. The maximum atomic E-state index is 14.5. The van der Waals surface area contributed by atoms with Gasteiger partial charge in [-0.3, -0.25) is 9.59 Å². The Morgan fingerprint density at radius 2 is 0.964 bits per heavy atom. The largest absolute Gasteiger partial charge is 0.444 e. The normalized spacial score (nSPS) is 20.0. The second kappa shape index (κ2) is 16.9. The Morgan fingerprint density at radius 1 is 0.643 bits per heavy atom. The fourth-order valence-corrected chi connectivity index (χ4v) is 5.27. The summed E-state index contributed by atoms with van der Waals surface area (Å²) in [5.41, 5.74) is -2.36. The number of halogens is 4. The summed E-state index contributed by atoms with van der Waals surface area (Å²) in [6.45, 7) is 19.4. The van der Waals surface area contributed by atoms with E-state index in [9.17, 15) is 36.7 Å². The Bertz CT molecular complexity index is 1570. The number of amides is 4. The summed E-state index contributed by atoms with van der Waals surface area (Å²) >= 11 is 0. The first kappa shape index (κ1) is 45.9. The number of rotatable bonds is 6. The summed E-state index contributed by atoms with van der Waals surface area (Å²) in [5.74, 6) is -9.70. The topological polar surface area (TPSA) is 195 Å². The molecule has 0 spiro atoms. The van der Waals surface area contributed by atoms with Crippen molar-refractivity contribution in [1.82, 2.24) is 40.7 Å². The molecule has 2 atom stereocenters. The number of piperidine rings is 2. The second-order valence-corrected chi connectivity index (χ2v) is 18.1. The molecule has 0 aliphatic carbocycles. The third-order valence-electron chi connectivity index (χ3n) is 8.36. The molecule has 2 aliphatic heterocycles. The van der Waals surface area contributed by atoms with Crippen molar-refractivity contribution < 1.29 is 55.3 Å². The molecule has 0 bridgehead atoms. The molecule has 2 N–H and O–H groups in total. The van der Waals surface area contributed by atoms with Crippen LogP contribution in [0.4, 0.5) is 27.2 Å². The maximum Gasteiger partial charge on any atom is 0.410 e. The van der Waals surface area contributed by atoms with Crippen molar-refractivity contribution in [3.8, 4) is 0 Å². The standard InChI is InChI=1S/2C18H28F2N4O4/c2*1-16(2,3)14-22-12(23-28-14)13(25)21-9-11-7-8-24(10-18(11,19)20)15(26)27-17(4,5)6/h2*11H,7-10H2,1-6H3,(H,21,25). The van der Waals surface area contributed by atoms with Crippen LogP contribution in [0.3, 0.4) is 0 Å². The summed E-state index contributed by atoms with van der Waals surface area (Å²) in [4.78, 5) is 58.3. The SMILES string of the molecule is CC(C)(C)OC(=O)N1CCC(CNC(=O)c2noc(C(C)(C)C)n2)C(F)(F)C1.CC(C)(C)OC(=O)N1CCC(CNC(=O)c2noc(C(C)(C)C)n2)C(F)(F)C1. The zero-order chi connectivity index (χ0) is 42.7. The Hall–Kier alpha value is -4.52. The average Bonchev–Trinajstić information content (AvgIpc) is 3.73. The number of ether oxygens (including phenoxy) is 2. The Morgan fingerprint density at radius 3 is 1.21 bits per heavy atom. The summed E-state index contributed by atoms with van der Waals surface area (Å²) in [6.07, 6.45) is -1.47. The van der Waals surface area contributed by atoms with Crippen LogP contribution < -0.4 is 10.6 Å². The predicted molar refractivity (Wildman–Crippen MR) is 192 cm³/mol. The maximum absolute atomic E-state index is 14.5. The molecule has 0 aromatic carbocycles. The lowest BCUT2D eigenvalue weighted by Gasteiger charge is -2.38. The van der Waals surface area contributed by atoms with Gasteiger partial charge in [-0.2, -0.15) is 9.97 Å². The van der Waals surface area contributed by atoms with Crippen LogP contribution >= 0.6 is 0 Å². The lowest BCUT2D eigenvalue weighted by atomic mass is 9.93. The van der Waals surface area contributed by atoms with E-state index in [1.54, 1.807) is 41.5 Å². The molecule has 0 radical (unpaired) electrons. The highest BCUT2D eigenvalue weighted by Gasteiger charge is 2.48. The van der Waals surface area contributed by atoms with Gasteiger partial charge in [0.15, 0.2) is 0 Å². The van der Waals surface area contributed by atoms with Gasteiger partial charge in [0.1, 0.15) is 11.2 Å². The molecule has 4 rings (SSSR count). The van der Waals surface area contributed by atoms with Gasteiger partial charge >= 0.3 is 12.2 Å². The quantitative estimate of drug-likeness (QED) is 0.325. The predicted octanol–water partition coefficient (Wildman–Crippen LogP) is 5.98. The first-order valence-corrected chi connectivity index (χ1v) is 18.3. The van der Waals surface area contributed by atoms with Crippen LogP contribution in [0.15, 0.2) is 9.05 Å². The van der Waals surface area contributed by atoms with Crippen LogP contribution in [-0.2, 0) is 20.3 Å². The van der Waals surface area contributed by atoms with Gasteiger partial charge < -0.3 is 39.0 Å².